The molecule has 23 heavy (non-hydrogen) atoms. The number of phenolic OH excluding ortho intramolecular Hbond substituents is 1. The highest BCUT2D eigenvalue weighted by Crippen LogP contribution is 2.16. The first-order chi connectivity index (χ1) is 11.1. The zero-order chi connectivity index (χ0) is 16.7. The highest BCUT2D eigenvalue weighted by molar-refractivity contribution is 5.99. The molecule has 0 atom stereocenters. The van der Waals surface area contributed by atoms with Gasteiger partial charge in [0.15, 0.2) is 0 Å². The third kappa shape index (κ3) is 5.03. The van der Waals surface area contributed by atoms with Crippen molar-refractivity contribution < 1.29 is 14.6 Å². The SMILES string of the molecule is COc1cccc(NCC(=O)N/N=C(\C)c2ccc(O)cc2)c1. The van der Waals surface area contributed by atoms with Crippen LogP contribution in [0.15, 0.2) is 53.6 Å². The van der Waals surface area contributed by atoms with Gasteiger partial charge >= 0.3 is 0 Å². The Morgan fingerprint density at radius 2 is 1.96 bits per heavy atom. The molecule has 2 rings (SSSR count). The number of rotatable bonds is 6. The highest BCUT2D eigenvalue weighted by atomic mass is 16.5. The molecule has 0 saturated heterocycles. The molecule has 0 unspecified atom stereocenters. The highest BCUT2D eigenvalue weighted by Gasteiger charge is 2.02. The van der Waals surface area contributed by atoms with Crippen LogP contribution in [0.1, 0.15) is 12.5 Å². The van der Waals surface area contributed by atoms with Crippen LogP contribution in [-0.2, 0) is 4.79 Å². The van der Waals surface area contributed by atoms with Gasteiger partial charge in [-0.25, -0.2) is 5.43 Å². The Morgan fingerprint density at radius 1 is 1.22 bits per heavy atom. The summed E-state index contributed by atoms with van der Waals surface area (Å²) in [6.45, 7) is 1.88. The molecule has 3 N–H and O–H groups in total. The molecule has 6 heteroatoms. The lowest BCUT2D eigenvalue weighted by Gasteiger charge is -2.07. The zero-order valence-corrected chi connectivity index (χ0v) is 13.0. The summed E-state index contributed by atoms with van der Waals surface area (Å²) in [4.78, 5) is 11.8. The number of carbonyl (C=O) groups is 1. The molecule has 0 bridgehead atoms. The van der Waals surface area contributed by atoms with Gasteiger partial charge in [-0.3, -0.25) is 4.79 Å². The van der Waals surface area contributed by atoms with Gasteiger partial charge < -0.3 is 15.2 Å². The Labute approximate surface area is 134 Å². The molecule has 0 spiro atoms. The molecule has 6 nitrogen and oxygen atoms in total. The summed E-state index contributed by atoms with van der Waals surface area (Å²) < 4.78 is 5.12. The molecule has 2 aromatic carbocycles. The van der Waals surface area contributed by atoms with Crippen molar-refractivity contribution in [3.63, 3.8) is 0 Å². The molecule has 0 fully saturated rings. The molecule has 120 valence electrons. The van der Waals surface area contributed by atoms with Gasteiger partial charge in [0.2, 0.25) is 0 Å². The average Bonchev–Trinajstić information content (AvgIpc) is 2.58. The van der Waals surface area contributed by atoms with E-state index < -0.39 is 0 Å². The summed E-state index contributed by atoms with van der Waals surface area (Å²) in [5.41, 5.74) is 4.75. The number of hydrogen-bond donors (Lipinski definition) is 3. The van der Waals surface area contributed by atoms with Crippen LogP contribution in [0, 0.1) is 0 Å². The van der Waals surface area contributed by atoms with E-state index in [9.17, 15) is 9.90 Å². The van der Waals surface area contributed by atoms with E-state index in [0.29, 0.717) is 5.71 Å². The number of benzene rings is 2. The van der Waals surface area contributed by atoms with Gasteiger partial charge in [-0.15, -0.1) is 0 Å². The number of methoxy groups -OCH3 is 1. The fraction of sp³-hybridized carbons (Fsp3) is 0.176. The van der Waals surface area contributed by atoms with Gasteiger partial charge in [0.25, 0.3) is 5.91 Å². The minimum atomic E-state index is -0.258. The van der Waals surface area contributed by atoms with Crippen molar-refractivity contribution in [1.82, 2.24) is 5.43 Å². The molecule has 1 amide bonds. The van der Waals surface area contributed by atoms with Gasteiger partial charge in [-0.1, -0.05) is 6.07 Å². The van der Waals surface area contributed by atoms with Crippen molar-refractivity contribution in [3.8, 4) is 11.5 Å². The van der Waals surface area contributed by atoms with Crippen molar-refractivity contribution >= 4 is 17.3 Å². The van der Waals surface area contributed by atoms with E-state index in [1.54, 1.807) is 44.4 Å². The van der Waals surface area contributed by atoms with Crippen LogP contribution in [0.3, 0.4) is 0 Å². The van der Waals surface area contributed by atoms with Gasteiger partial charge in [0, 0.05) is 11.8 Å². The van der Waals surface area contributed by atoms with Crippen LogP contribution >= 0.6 is 0 Å². The normalized spacial score (nSPS) is 11.0. The second-order valence-electron chi connectivity index (χ2n) is 4.86. The maximum Gasteiger partial charge on any atom is 0.259 e. The summed E-state index contributed by atoms with van der Waals surface area (Å²) in [5, 5.41) is 16.3. The Balaban J connectivity index is 1.86. The maximum absolute atomic E-state index is 11.8. The number of amides is 1. The van der Waals surface area contributed by atoms with Crippen molar-refractivity contribution in [2.24, 2.45) is 5.10 Å². The first-order valence-corrected chi connectivity index (χ1v) is 7.09. The maximum atomic E-state index is 11.8. The topological polar surface area (TPSA) is 83.0 Å². The van der Waals surface area contributed by atoms with Crippen LogP contribution in [0.4, 0.5) is 5.69 Å². The molecule has 0 aliphatic rings. The number of ether oxygens (including phenoxy) is 1. The van der Waals surface area contributed by atoms with Gasteiger partial charge in [-0.05, 0) is 48.9 Å². The summed E-state index contributed by atoms with van der Waals surface area (Å²) in [6.07, 6.45) is 0. The number of nitrogens with zero attached hydrogens (tertiary/aromatic N) is 1. The minimum absolute atomic E-state index is 0.0968. The van der Waals surface area contributed by atoms with Crippen LogP contribution in [-0.4, -0.2) is 30.4 Å². The van der Waals surface area contributed by atoms with E-state index in [4.69, 9.17) is 4.74 Å². The van der Waals surface area contributed by atoms with E-state index in [0.717, 1.165) is 17.0 Å². The summed E-state index contributed by atoms with van der Waals surface area (Å²) >= 11 is 0. The number of hydrogen-bond acceptors (Lipinski definition) is 5. The van der Waals surface area contributed by atoms with E-state index in [1.165, 1.54) is 0 Å². The predicted molar refractivity (Wildman–Crippen MR) is 89.9 cm³/mol. The van der Waals surface area contributed by atoms with Crippen LogP contribution in [0.2, 0.25) is 0 Å². The van der Waals surface area contributed by atoms with E-state index >= 15 is 0 Å². The molecule has 0 radical (unpaired) electrons. The summed E-state index contributed by atoms with van der Waals surface area (Å²) in [6, 6.07) is 13.9. The monoisotopic (exact) mass is 313 g/mol. The Kier molecular flexibility index (Phi) is 5.57. The fourth-order valence-electron chi connectivity index (χ4n) is 1.87. The fourth-order valence-corrected chi connectivity index (χ4v) is 1.87. The number of nitrogens with one attached hydrogen (secondary N) is 2. The van der Waals surface area contributed by atoms with E-state index in [1.807, 2.05) is 18.2 Å². The quantitative estimate of drug-likeness (QED) is 0.565. The number of anilines is 1. The summed E-state index contributed by atoms with van der Waals surface area (Å²) in [7, 11) is 1.59. The molecule has 0 aromatic heterocycles. The number of carbonyl (C=O) groups excluding carboxylic acids is 1. The largest absolute Gasteiger partial charge is 0.508 e. The Bertz CT molecular complexity index is 696. The summed E-state index contributed by atoms with van der Waals surface area (Å²) in [5.74, 6) is 0.649. The van der Waals surface area contributed by atoms with Crippen LogP contribution in [0.5, 0.6) is 11.5 Å². The average molecular weight is 313 g/mol. The van der Waals surface area contributed by atoms with Crippen molar-refractivity contribution in [1.29, 1.82) is 0 Å². The first-order valence-electron chi connectivity index (χ1n) is 7.09. The van der Waals surface area contributed by atoms with Gasteiger partial charge in [0.05, 0.1) is 19.4 Å². The lowest BCUT2D eigenvalue weighted by atomic mass is 10.1. The molecule has 0 saturated carbocycles. The molecule has 0 aliphatic carbocycles. The van der Waals surface area contributed by atoms with Crippen molar-refractivity contribution in [2.45, 2.75) is 6.92 Å². The van der Waals surface area contributed by atoms with Gasteiger partial charge in [-0.2, -0.15) is 5.10 Å². The second kappa shape index (κ2) is 7.84. The predicted octanol–water partition coefficient (Wildman–Crippen LogP) is 2.35. The smallest absolute Gasteiger partial charge is 0.259 e. The van der Waals surface area contributed by atoms with E-state index in [2.05, 4.69) is 15.8 Å². The Hall–Kier alpha value is -3.02. The number of aromatic hydroxyl groups is 1. The van der Waals surface area contributed by atoms with Crippen LogP contribution < -0.4 is 15.5 Å². The molecule has 0 aliphatic heterocycles. The lowest BCUT2D eigenvalue weighted by molar-refractivity contribution is -0.119. The van der Waals surface area contributed by atoms with Crippen molar-refractivity contribution in [3.05, 3.63) is 54.1 Å². The van der Waals surface area contributed by atoms with E-state index in [-0.39, 0.29) is 18.2 Å². The molecule has 0 heterocycles. The lowest BCUT2D eigenvalue weighted by Crippen LogP contribution is -2.26. The third-order valence-electron chi connectivity index (χ3n) is 3.16. The number of hydrazone groups is 1. The third-order valence-corrected chi connectivity index (χ3v) is 3.16. The second-order valence-corrected chi connectivity index (χ2v) is 4.86. The number of phenols is 1. The minimum Gasteiger partial charge on any atom is -0.508 e. The Morgan fingerprint density at radius 3 is 2.65 bits per heavy atom. The molecule has 2 aromatic rings. The van der Waals surface area contributed by atoms with Crippen molar-refractivity contribution in [2.75, 3.05) is 19.0 Å². The van der Waals surface area contributed by atoms with Crippen LogP contribution in [0.25, 0.3) is 0 Å². The standard InChI is InChI=1S/C17H19N3O3/c1-12(13-6-8-15(21)9-7-13)19-20-17(22)11-18-14-4-3-5-16(10-14)23-2/h3-10,18,21H,11H2,1-2H3,(H,20,22)/b19-12+. The van der Waals surface area contributed by atoms with Gasteiger partial charge in [0.1, 0.15) is 11.5 Å². The first kappa shape index (κ1) is 16.4. The molecular formula is C17H19N3O3. The zero-order valence-electron chi connectivity index (χ0n) is 13.0. The molecular weight excluding hydrogens is 294 g/mol.